The Hall–Kier alpha value is -2.59. The molecule has 1 aliphatic carbocycles. The molecule has 1 N–H and O–H groups in total. The number of nitrogens with one attached hydrogen (secondary N) is 1. The van der Waals surface area contributed by atoms with Crippen LogP contribution in [0.4, 0.5) is 11.4 Å². The number of esters is 1. The molecule has 1 aliphatic rings. The summed E-state index contributed by atoms with van der Waals surface area (Å²) in [5.41, 5.74) is 5.72. The predicted molar refractivity (Wildman–Crippen MR) is 104 cm³/mol. The summed E-state index contributed by atoms with van der Waals surface area (Å²) in [6.07, 6.45) is 3.08. The van der Waals surface area contributed by atoms with Crippen molar-refractivity contribution in [2.45, 2.75) is 26.2 Å². The maximum absolute atomic E-state index is 12.0. The van der Waals surface area contributed by atoms with E-state index in [4.69, 9.17) is 21.3 Å². The van der Waals surface area contributed by atoms with Crippen LogP contribution in [0.1, 0.15) is 35.0 Å². The molecular weight excluding hydrogens is 348 g/mol. The summed E-state index contributed by atoms with van der Waals surface area (Å²) in [7, 11) is 0. The van der Waals surface area contributed by atoms with Crippen LogP contribution in [-0.2, 0) is 17.6 Å². The summed E-state index contributed by atoms with van der Waals surface area (Å²) < 4.78 is 5.10. The fourth-order valence-electron chi connectivity index (χ4n) is 3.46. The summed E-state index contributed by atoms with van der Waals surface area (Å²) in [5.74, 6) is -0.316. The summed E-state index contributed by atoms with van der Waals surface area (Å²) in [6.45, 7) is 2.16. The summed E-state index contributed by atoms with van der Waals surface area (Å²) >= 11 is 6.23. The number of aryl methyl sites for hydroxylation is 1. The number of rotatable bonds is 4. The topological polar surface area (TPSA) is 51.2 Å². The summed E-state index contributed by atoms with van der Waals surface area (Å²) in [4.78, 5) is 16.8. The van der Waals surface area contributed by atoms with Crippen molar-refractivity contribution in [1.29, 1.82) is 0 Å². The third-order valence-electron chi connectivity index (χ3n) is 4.62. The Kier molecular flexibility index (Phi) is 4.51. The van der Waals surface area contributed by atoms with Gasteiger partial charge in [-0.15, -0.1) is 0 Å². The van der Waals surface area contributed by atoms with Crippen molar-refractivity contribution in [3.63, 3.8) is 0 Å². The van der Waals surface area contributed by atoms with Crippen LogP contribution in [0.2, 0.25) is 5.02 Å². The molecule has 3 aromatic rings. The third kappa shape index (κ3) is 3.13. The standard InChI is InChI=1S/C21H19ClN2O2/c1-2-26-21(25)13-5-3-6-15(11-13)23-20-16-7-4-8-18(16)24-19-10-9-14(22)12-17(19)20/h3,5-6,9-12H,2,4,7-8H2,1H3,(H,23,24). The van der Waals surface area contributed by atoms with Crippen LogP contribution in [0.5, 0.6) is 0 Å². The number of benzene rings is 2. The Morgan fingerprint density at radius 3 is 2.96 bits per heavy atom. The van der Waals surface area contributed by atoms with Gasteiger partial charge in [0.15, 0.2) is 0 Å². The molecule has 0 saturated heterocycles. The van der Waals surface area contributed by atoms with Gasteiger partial charge in [-0.2, -0.15) is 0 Å². The number of carbonyl (C=O) groups is 1. The van der Waals surface area contributed by atoms with Gasteiger partial charge in [0.25, 0.3) is 0 Å². The molecule has 26 heavy (non-hydrogen) atoms. The van der Waals surface area contributed by atoms with E-state index in [0.717, 1.165) is 47.2 Å². The molecule has 4 nitrogen and oxygen atoms in total. The number of nitrogens with zero attached hydrogens (tertiary/aromatic N) is 1. The Bertz CT molecular complexity index is 1000. The van der Waals surface area contributed by atoms with Crippen LogP contribution in [-0.4, -0.2) is 17.6 Å². The second-order valence-electron chi connectivity index (χ2n) is 6.35. The van der Waals surface area contributed by atoms with Gasteiger partial charge in [0.05, 0.1) is 23.4 Å². The minimum Gasteiger partial charge on any atom is -0.462 e. The quantitative estimate of drug-likeness (QED) is 0.637. The zero-order chi connectivity index (χ0) is 18.1. The van der Waals surface area contributed by atoms with E-state index in [1.807, 2.05) is 36.4 Å². The van der Waals surface area contributed by atoms with Crippen LogP contribution in [0.15, 0.2) is 42.5 Å². The van der Waals surface area contributed by atoms with Gasteiger partial charge in [-0.1, -0.05) is 17.7 Å². The predicted octanol–water partition coefficient (Wildman–Crippen LogP) is 5.30. The SMILES string of the molecule is CCOC(=O)c1cccc(Nc2c3c(nc4ccc(Cl)cc24)CCC3)c1. The highest BCUT2D eigenvalue weighted by atomic mass is 35.5. The first-order chi connectivity index (χ1) is 12.7. The van der Waals surface area contributed by atoms with Crippen molar-refractivity contribution in [1.82, 2.24) is 4.98 Å². The Morgan fingerprint density at radius 2 is 2.12 bits per heavy atom. The van der Waals surface area contributed by atoms with E-state index < -0.39 is 0 Å². The van der Waals surface area contributed by atoms with Crippen molar-refractivity contribution < 1.29 is 9.53 Å². The molecule has 1 aromatic heterocycles. The van der Waals surface area contributed by atoms with Crippen LogP contribution in [0.3, 0.4) is 0 Å². The fraction of sp³-hybridized carbons (Fsp3) is 0.238. The summed E-state index contributed by atoms with van der Waals surface area (Å²) in [6, 6.07) is 13.1. The lowest BCUT2D eigenvalue weighted by Crippen LogP contribution is -2.05. The first-order valence-corrected chi connectivity index (χ1v) is 9.18. The molecule has 0 bridgehead atoms. The number of hydrogen-bond acceptors (Lipinski definition) is 4. The Labute approximate surface area is 157 Å². The van der Waals surface area contributed by atoms with Crippen molar-refractivity contribution >= 4 is 39.8 Å². The molecule has 0 atom stereocenters. The minimum atomic E-state index is -0.316. The molecule has 5 heteroatoms. The third-order valence-corrected chi connectivity index (χ3v) is 4.85. The molecule has 0 fully saturated rings. The van der Waals surface area contributed by atoms with E-state index >= 15 is 0 Å². The fourth-order valence-corrected chi connectivity index (χ4v) is 3.63. The maximum atomic E-state index is 12.0. The van der Waals surface area contributed by atoms with Crippen LogP contribution in [0, 0.1) is 0 Å². The van der Waals surface area contributed by atoms with Crippen molar-refractivity contribution in [2.75, 3.05) is 11.9 Å². The highest BCUT2D eigenvalue weighted by Crippen LogP contribution is 2.37. The normalized spacial score (nSPS) is 12.8. The van der Waals surface area contributed by atoms with Crippen molar-refractivity contribution in [3.05, 3.63) is 64.3 Å². The van der Waals surface area contributed by atoms with E-state index in [1.54, 1.807) is 13.0 Å². The van der Waals surface area contributed by atoms with Gasteiger partial charge >= 0.3 is 5.97 Å². The van der Waals surface area contributed by atoms with E-state index in [9.17, 15) is 4.79 Å². The average molecular weight is 367 g/mol. The lowest BCUT2D eigenvalue weighted by Gasteiger charge is -2.15. The van der Waals surface area contributed by atoms with Gasteiger partial charge in [-0.05, 0) is 68.1 Å². The molecule has 0 amide bonds. The number of hydrogen-bond donors (Lipinski definition) is 1. The molecule has 0 saturated carbocycles. The number of halogens is 1. The molecule has 132 valence electrons. The molecular formula is C21H19ClN2O2. The van der Waals surface area contributed by atoms with E-state index in [0.29, 0.717) is 17.2 Å². The molecule has 1 heterocycles. The lowest BCUT2D eigenvalue weighted by atomic mass is 10.1. The average Bonchev–Trinajstić information content (AvgIpc) is 3.11. The number of ether oxygens (including phenoxy) is 1. The Balaban J connectivity index is 1.79. The molecule has 0 unspecified atom stereocenters. The van der Waals surface area contributed by atoms with Gasteiger partial charge < -0.3 is 10.1 Å². The van der Waals surface area contributed by atoms with Crippen LogP contribution < -0.4 is 5.32 Å². The van der Waals surface area contributed by atoms with Gasteiger partial charge in [0.2, 0.25) is 0 Å². The monoisotopic (exact) mass is 366 g/mol. The Morgan fingerprint density at radius 1 is 1.23 bits per heavy atom. The maximum Gasteiger partial charge on any atom is 0.338 e. The summed E-state index contributed by atoms with van der Waals surface area (Å²) in [5, 5.41) is 5.19. The zero-order valence-corrected chi connectivity index (χ0v) is 15.3. The smallest absolute Gasteiger partial charge is 0.338 e. The molecule has 0 aliphatic heterocycles. The number of anilines is 2. The van der Waals surface area contributed by atoms with Crippen molar-refractivity contribution in [3.8, 4) is 0 Å². The lowest BCUT2D eigenvalue weighted by molar-refractivity contribution is 0.0526. The second kappa shape index (κ2) is 6.96. The van der Waals surface area contributed by atoms with E-state index in [2.05, 4.69) is 5.32 Å². The van der Waals surface area contributed by atoms with Gasteiger partial charge in [0, 0.05) is 21.8 Å². The van der Waals surface area contributed by atoms with Crippen molar-refractivity contribution in [2.24, 2.45) is 0 Å². The zero-order valence-electron chi connectivity index (χ0n) is 14.5. The van der Waals surface area contributed by atoms with Gasteiger partial charge in [-0.3, -0.25) is 4.98 Å². The number of pyridine rings is 1. The number of aromatic nitrogens is 1. The van der Waals surface area contributed by atoms with E-state index in [1.165, 1.54) is 5.56 Å². The van der Waals surface area contributed by atoms with Crippen LogP contribution in [0.25, 0.3) is 10.9 Å². The van der Waals surface area contributed by atoms with Gasteiger partial charge in [0.1, 0.15) is 0 Å². The highest BCUT2D eigenvalue weighted by molar-refractivity contribution is 6.31. The second-order valence-corrected chi connectivity index (χ2v) is 6.79. The molecule has 2 aromatic carbocycles. The molecule has 0 spiro atoms. The number of fused-ring (bicyclic) bond motifs is 2. The number of carbonyl (C=O) groups excluding carboxylic acids is 1. The minimum absolute atomic E-state index is 0.316. The first-order valence-electron chi connectivity index (χ1n) is 8.81. The largest absolute Gasteiger partial charge is 0.462 e. The van der Waals surface area contributed by atoms with Crippen LogP contribution >= 0.6 is 11.6 Å². The molecule has 4 rings (SSSR count). The highest BCUT2D eigenvalue weighted by Gasteiger charge is 2.20. The van der Waals surface area contributed by atoms with E-state index in [-0.39, 0.29) is 5.97 Å². The molecule has 0 radical (unpaired) electrons. The first kappa shape index (κ1) is 16.9. The van der Waals surface area contributed by atoms with Gasteiger partial charge in [-0.25, -0.2) is 4.79 Å².